The maximum Gasteiger partial charge on any atom is 0.253 e. The number of hydrogen-bond acceptors (Lipinski definition) is 4. The smallest absolute Gasteiger partial charge is 0.253 e. The van der Waals surface area contributed by atoms with Crippen LogP contribution in [0.2, 0.25) is 0 Å². The Labute approximate surface area is 113 Å². The normalized spacial score (nSPS) is 29.0. The number of aromatic nitrogens is 1. The first-order valence-electron chi connectivity index (χ1n) is 6.93. The van der Waals surface area contributed by atoms with Crippen molar-refractivity contribution in [1.82, 2.24) is 15.2 Å². The summed E-state index contributed by atoms with van der Waals surface area (Å²) < 4.78 is 0. The zero-order chi connectivity index (χ0) is 13.2. The fourth-order valence-corrected chi connectivity index (χ4v) is 3.17. The molecule has 19 heavy (non-hydrogen) atoms. The van der Waals surface area contributed by atoms with Crippen molar-refractivity contribution < 1.29 is 4.79 Å². The van der Waals surface area contributed by atoms with E-state index < -0.39 is 0 Å². The van der Waals surface area contributed by atoms with Gasteiger partial charge in [0.25, 0.3) is 5.91 Å². The lowest BCUT2D eigenvalue weighted by Gasteiger charge is -2.44. The molecule has 2 N–H and O–H groups in total. The number of amides is 1. The molecule has 3 saturated heterocycles. The molecule has 1 aromatic rings. The molecule has 0 radical (unpaired) electrons. The first kappa shape index (κ1) is 12.4. The third-order valence-corrected chi connectivity index (χ3v) is 4.31. The van der Waals surface area contributed by atoms with Crippen LogP contribution in [0.4, 0.5) is 5.69 Å². The van der Waals surface area contributed by atoms with Crippen LogP contribution in [0.5, 0.6) is 0 Å². The predicted molar refractivity (Wildman–Crippen MR) is 74.2 cm³/mol. The maximum absolute atomic E-state index is 12.4. The van der Waals surface area contributed by atoms with Crippen LogP contribution in [0.25, 0.3) is 0 Å². The largest absolute Gasteiger partial charge is 0.386 e. The number of rotatable bonds is 3. The van der Waals surface area contributed by atoms with E-state index in [9.17, 15) is 4.79 Å². The van der Waals surface area contributed by atoms with Gasteiger partial charge in [0.15, 0.2) is 0 Å². The highest BCUT2D eigenvalue weighted by molar-refractivity contribution is 5.99. The minimum atomic E-state index is 0.00509. The monoisotopic (exact) mass is 260 g/mol. The third kappa shape index (κ3) is 2.42. The highest BCUT2D eigenvalue weighted by Crippen LogP contribution is 2.27. The van der Waals surface area contributed by atoms with Crippen molar-refractivity contribution in [3.63, 3.8) is 0 Å². The third-order valence-electron chi connectivity index (χ3n) is 4.31. The summed E-state index contributed by atoms with van der Waals surface area (Å²) in [6.07, 6.45) is 5.76. The molecule has 5 nitrogen and oxygen atoms in total. The molecule has 4 heterocycles. The maximum atomic E-state index is 12.4. The topological polar surface area (TPSA) is 57.3 Å². The quantitative estimate of drug-likeness (QED) is 0.849. The van der Waals surface area contributed by atoms with Gasteiger partial charge in [-0.15, -0.1) is 0 Å². The number of nitrogens with zero attached hydrogens (tertiary/aromatic N) is 2. The van der Waals surface area contributed by atoms with Gasteiger partial charge >= 0.3 is 0 Å². The summed E-state index contributed by atoms with van der Waals surface area (Å²) in [6.45, 7) is 3.37. The average molecular weight is 260 g/mol. The number of fused-ring (bicyclic) bond motifs is 3. The standard InChI is InChI=1S/C14H20N4O/c1-15-12-8-16-5-2-11(12)14(19)17-13-9-18-6-3-10(13)4-7-18/h2,5,8,10,13,15H,3-4,6-7,9H2,1H3,(H,17,19). The summed E-state index contributed by atoms with van der Waals surface area (Å²) in [5, 5.41) is 6.21. The summed E-state index contributed by atoms with van der Waals surface area (Å²) in [5.41, 5.74) is 1.45. The van der Waals surface area contributed by atoms with Gasteiger partial charge in [0, 0.05) is 25.8 Å². The number of piperidine rings is 3. The molecule has 1 amide bonds. The van der Waals surface area contributed by atoms with Crippen molar-refractivity contribution in [2.24, 2.45) is 5.92 Å². The van der Waals surface area contributed by atoms with Crippen molar-refractivity contribution in [1.29, 1.82) is 0 Å². The molecule has 2 bridgehead atoms. The molecular formula is C14H20N4O. The molecule has 0 spiro atoms. The molecule has 5 heteroatoms. The van der Waals surface area contributed by atoms with E-state index in [1.807, 2.05) is 7.05 Å². The molecule has 1 unspecified atom stereocenters. The van der Waals surface area contributed by atoms with Gasteiger partial charge in [0.1, 0.15) is 0 Å². The van der Waals surface area contributed by atoms with Gasteiger partial charge in [-0.3, -0.25) is 9.78 Å². The predicted octanol–water partition coefficient (Wildman–Crippen LogP) is 0.947. The Kier molecular flexibility index (Phi) is 3.38. The SMILES string of the molecule is CNc1cnccc1C(=O)NC1CN2CCC1CC2. The van der Waals surface area contributed by atoms with Crippen LogP contribution >= 0.6 is 0 Å². The lowest BCUT2D eigenvalue weighted by Crippen LogP contribution is -2.57. The van der Waals surface area contributed by atoms with Crippen LogP contribution in [0.1, 0.15) is 23.2 Å². The number of hydrogen-bond donors (Lipinski definition) is 2. The Hall–Kier alpha value is -1.62. The summed E-state index contributed by atoms with van der Waals surface area (Å²) in [5.74, 6) is 0.652. The Morgan fingerprint density at radius 2 is 2.21 bits per heavy atom. The lowest BCUT2D eigenvalue weighted by molar-refractivity contribution is 0.0621. The number of pyridine rings is 1. The zero-order valence-corrected chi connectivity index (χ0v) is 11.2. The number of nitrogens with one attached hydrogen (secondary N) is 2. The van der Waals surface area contributed by atoms with E-state index in [2.05, 4.69) is 20.5 Å². The molecule has 3 aliphatic rings. The van der Waals surface area contributed by atoms with E-state index in [0.717, 1.165) is 12.2 Å². The molecule has 0 aromatic carbocycles. The number of anilines is 1. The second-order valence-electron chi connectivity index (χ2n) is 5.39. The second kappa shape index (κ2) is 5.17. The van der Waals surface area contributed by atoms with Crippen molar-refractivity contribution in [3.8, 4) is 0 Å². The lowest BCUT2D eigenvalue weighted by atomic mass is 9.84. The fourth-order valence-electron chi connectivity index (χ4n) is 3.17. The van der Waals surface area contributed by atoms with Crippen LogP contribution in [-0.2, 0) is 0 Å². The second-order valence-corrected chi connectivity index (χ2v) is 5.39. The first-order chi connectivity index (χ1) is 9.28. The molecule has 3 aliphatic heterocycles. The molecule has 3 fully saturated rings. The van der Waals surface area contributed by atoms with E-state index in [1.54, 1.807) is 18.5 Å². The molecule has 1 aromatic heterocycles. The van der Waals surface area contributed by atoms with E-state index >= 15 is 0 Å². The van der Waals surface area contributed by atoms with Crippen LogP contribution < -0.4 is 10.6 Å². The zero-order valence-electron chi connectivity index (χ0n) is 11.2. The Bertz CT molecular complexity index is 468. The van der Waals surface area contributed by atoms with Crippen molar-refractivity contribution in [3.05, 3.63) is 24.0 Å². The van der Waals surface area contributed by atoms with E-state index in [-0.39, 0.29) is 5.91 Å². The average Bonchev–Trinajstić information content (AvgIpc) is 2.48. The van der Waals surface area contributed by atoms with E-state index in [1.165, 1.54) is 25.9 Å². The summed E-state index contributed by atoms with van der Waals surface area (Å²) in [4.78, 5) is 18.8. The highest BCUT2D eigenvalue weighted by atomic mass is 16.1. The number of carbonyl (C=O) groups is 1. The van der Waals surface area contributed by atoms with Gasteiger partial charge in [-0.25, -0.2) is 0 Å². The van der Waals surface area contributed by atoms with Crippen molar-refractivity contribution in [2.75, 3.05) is 32.0 Å². The molecule has 1 atom stereocenters. The highest BCUT2D eigenvalue weighted by Gasteiger charge is 2.35. The summed E-state index contributed by atoms with van der Waals surface area (Å²) in [7, 11) is 1.81. The van der Waals surface area contributed by atoms with Gasteiger partial charge in [0.05, 0.1) is 17.4 Å². The van der Waals surface area contributed by atoms with Crippen LogP contribution in [0, 0.1) is 5.92 Å². The van der Waals surface area contributed by atoms with Gasteiger partial charge in [0.2, 0.25) is 0 Å². The molecule has 0 aliphatic carbocycles. The Morgan fingerprint density at radius 1 is 1.42 bits per heavy atom. The van der Waals surface area contributed by atoms with Crippen LogP contribution in [-0.4, -0.2) is 48.5 Å². The Balaban J connectivity index is 1.71. The van der Waals surface area contributed by atoms with E-state index in [4.69, 9.17) is 0 Å². The van der Waals surface area contributed by atoms with Crippen molar-refractivity contribution >= 4 is 11.6 Å². The fraction of sp³-hybridized carbons (Fsp3) is 0.571. The molecule has 102 valence electrons. The van der Waals surface area contributed by atoms with Gasteiger partial charge in [-0.1, -0.05) is 0 Å². The van der Waals surface area contributed by atoms with Gasteiger partial charge in [-0.2, -0.15) is 0 Å². The molecular weight excluding hydrogens is 240 g/mol. The van der Waals surface area contributed by atoms with Crippen molar-refractivity contribution in [2.45, 2.75) is 18.9 Å². The molecule has 0 saturated carbocycles. The van der Waals surface area contributed by atoms with Gasteiger partial charge < -0.3 is 15.5 Å². The minimum absolute atomic E-state index is 0.00509. The van der Waals surface area contributed by atoms with E-state index in [0.29, 0.717) is 17.5 Å². The van der Waals surface area contributed by atoms with Crippen LogP contribution in [0.15, 0.2) is 18.5 Å². The minimum Gasteiger partial charge on any atom is -0.386 e. The van der Waals surface area contributed by atoms with Gasteiger partial charge in [-0.05, 0) is 37.9 Å². The molecule has 4 rings (SSSR count). The van der Waals surface area contributed by atoms with Crippen LogP contribution in [0.3, 0.4) is 0 Å². The summed E-state index contributed by atoms with van der Waals surface area (Å²) in [6, 6.07) is 2.07. The Morgan fingerprint density at radius 3 is 2.84 bits per heavy atom. The number of carbonyl (C=O) groups excluding carboxylic acids is 1. The first-order valence-corrected chi connectivity index (χ1v) is 6.93. The summed E-state index contributed by atoms with van der Waals surface area (Å²) >= 11 is 0.